The van der Waals surface area contributed by atoms with E-state index < -0.39 is 0 Å². The fraction of sp³-hybridized carbons (Fsp3) is 0.381. The van der Waals surface area contributed by atoms with E-state index in [2.05, 4.69) is 22.2 Å². The number of benzene rings is 1. The van der Waals surface area contributed by atoms with Gasteiger partial charge >= 0.3 is 0 Å². The lowest BCUT2D eigenvalue weighted by molar-refractivity contribution is -0.113. The molecule has 2 heterocycles. The quantitative estimate of drug-likeness (QED) is 0.489. The van der Waals surface area contributed by atoms with Crippen molar-refractivity contribution in [2.75, 3.05) is 11.1 Å². The van der Waals surface area contributed by atoms with Crippen LogP contribution in [-0.2, 0) is 17.6 Å². The standard InChI is InChI=1S/C21H23N3O2S2/c1-11-7-8-14-16(9-11)28-20-18(14)19(26)23-21(24-20)27-10-17(25)22-15-6-4-5-12(2)13(15)3/h4-6,11H,7-10H2,1-3H3,(H,22,25)(H,23,24,26)/t11-/m0/s1. The molecular formula is C21H23N3O2S2. The van der Waals surface area contributed by atoms with E-state index in [0.717, 1.165) is 46.3 Å². The van der Waals surface area contributed by atoms with Crippen LogP contribution < -0.4 is 10.9 Å². The summed E-state index contributed by atoms with van der Waals surface area (Å²) >= 11 is 2.89. The number of carbonyl (C=O) groups is 1. The number of anilines is 1. The van der Waals surface area contributed by atoms with Crippen molar-refractivity contribution < 1.29 is 4.79 Å². The lowest BCUT2D eigenvalue weighted by Crippen LogP contribution is -2.16. The minimum absolute atomic E-state index is 0.0884. The van der Waals surface area contributed by atoms with Crippen molar-refractivity contribution in [3.63, 3.8) is 0 Å². The summed E-state index contributed by atoms with van der Waals surface area (Å²) in [5.41, 5.74) is 4.11. The molecule has 0 saturated carbocycles. The van der Waals surface area contributed by atoms with Crippen LogP contribution in [0, 0.1) is 19.8 Å². The third kappa shape index (κ3) is 3.73. The van der Waals surface area contributed by atoms with Gasteiger partial charge in [-0.25, -0.2) is 4.98 Å². The fourth-order valence-corrected chi connectivity index (χ4v) is 5.71. The van der Waals surface area contributed by atoms with Crippen molar-refractivity contribution in [1.82, 2.24) is 9.97 Å². The molecule has 3 aromatic rings. The van der Waals surface area contributed by atoms with Crippen molar-refractivity contribution in [3.8, 4) is 0 Å². The maximum absolute atomic E-state index is 12.6. The fourth-order valence-electron chi connectivity index (χ4n) is 3.60. The van der Waals surface area contributed by atoms with Gasteiger partial charge in [0.2, 0.25) is 5.91 Å². The molecule has 1 aliphatic rings. The molecule has 1 atom stereocenters. The summed E-state index contributed by atoms with van der Waals surface area (Å²) in [6.07, 6.45) is 3.09. The molecule has 1 amide bonds. The molecule has 7 heteroatoms. The number of aromatic nitrogens is 2. The predicted octanol–water partition coefficient (Wildman–Crippen LogP) is 4.46. The van der Waals surface area contributed by atoms with Gasteiger partial charge in [-0.3, -0.25) is 9.59 Å². The van der Waals surface area contributed by atoms with Crippen LogP contribution in [0.1, 0.15) is 34.9 Å². The van der Waals surface area contributed by atoms with Crippen LogP contribution in [0.3, 0.4) is 0 Å². The highest BCUT2D eigenvalue weighted by Gasteiger charge is 2.23. The number of carbonyl (C=O) groups excluding carboxylic acids is 1. The Morgan fingerprint density at radius 3 is 3.04 bits per heavy atom. The van der Waals surface area contributed by atoms with Gasteiger partial charge in [0.05, 0.1) is 11.1 Å². The van der Waals surface area contributed by atoms with Crippen molar-refractivity contribution in [2.45, 2.75) is 45.2 Å². The summed E-state index contributed by atoms with van der Waals surface area (Å²) in [4.78, 5) is 34.5. The van der Waals surface area contributed by atoms with E-state index in [1.807, 2.05) is 32.0 Å². The van der Waals surface area contributed by atoms with E-state index in [1.54, 1.807) is 11.3 Å². The molecule has 5 nitrogen and oxygen atoms in total. The van der Waals surface area contributed by atoms with Gasteiger partial charge in [-0.05, 0) is 61.8 Å². The number of H-pyrrole nitrogens is 1. The molecule has 2 aromatic heterocycles. The first-order chi connectivity index (χ1) is 13.4. The van der Waals surface area contributed by atoms with E-state index in [1.165, 1.54) is 22.2 Å². The number of nitrogens with zero attached hydrogens (tertiary/aromatic N) is 1. The van der Waals surface area contributed by atoms with Gasteiger partial charge in [0, 0.05) is 10.6 Å². The average Bonchev–Trinajstić information content (AvgIpc) is 3.01. The summed E-state index contributed by atoms with van der Waals surface area (Å²) in [6.45, 7) is 6.26. The molecule has 146 valence electrons. The first kappa shape index (κ1) is 19.2. The molecule has 0 saturated heterocycles. The SMILES string of the molecule is Cc1cccc(NC(=O)CSc2nc3sc4c(c3c(=O)[nH]2)CC[C@H](C)C4)c1C. The Balaban J connectivity index is 1.50. The summed E-state index contributed by atoms with van der Waals surface area (Å²) in [5, 5.41) is 4.19. The minimum Gasteiger partial charge on any atom is -0.325 e. The molecule has 0 bridgehead atoms. The molecule has 0 aliphatic heterocycles. The minimum atomic E-state index is -0.110. The Morgan fingerprint density at radius 1 is 1.39 bits per heavy atom. The topological polar surface area (TPSA) is 74.8 Å². The first-order valence-electron chi connectivity index (χ1n) is 9.46. The largest absolute Gasteiger partial charge is 0.325 e. The first-order valence-corrected chi connectivity index (χ1v) is 11.3. The van der Waals surface area contributed by atoms with Gasteiger partial charge in [0.1, 0.15) is 4.83 Å². The Hall–Kier alpha value is -2.12. The number of rotatable bonds is 4. The normalized spacial score (nSPS) is 16.2. The number of thiophene rings is 1. The van der Waals surface area contributed by atoms with Crippen molar-refractivity contribution >= 4 is 44.9 Å². The van der Waals surface area contributed by atoms with Gasteiger partial charge in [-0.2, -0.15) is 0 Å². The number of aromatic amines is 1. The van der Waals surface area contributed by atoms with Crippen LogP contribution in [0.25, 0.3) is 10.2 Å². The lowest BCUT2D eigenvalue weighted by Gasteiger charge is -2.17. The van der Waals surface area contributed by atoms with Crippen LogP contribution in [0.5, 0.6) is 0 Å². The molecule has 1 aromatic carbocycles. The zero-order chi connectivity index (χ0) is 19.8. The van der Waals surface area contributed by atoms with E-state index in [9.17, 15) is 9.59 Å². The molecule has 0 spiro atoms. The third-order valence-electron chi connectivity index (χ3n) is 5.36. The number of hydrogen-bond acceptors (Lipinski definition) is 5. The number of amides is 1. The van der Waals surface area contributed by atoms with Crippen LogP contribution in [0.2, 0.25) is 0 Å². The Morgan fingerprint density at radius 2 is 2.21 bits per heavy atom. The van der Waals surface area contributed by atoms with Gasteiger partial charge in [0.25, 0.3) is 5.56 Å². The smallest absolute Gasteiger partial charge is 0.260 e. The van der Waals surface area contributed by atoms with E-state index in [-0.39, 0.29) is 17.2 Å². The van der Waals surface area contributed by atoms with Crippen molar-refractivity contribution in [1.29, 1.82) is 0 Å². The highest BCUT2D eigenvalue weighted by atomic mass is 32.2. The monoisotopic (exact) mass is 413 g/mol. The maximum atomic E-state index is 12.6. The number of nitrogens with one attached hydrogen (secondary N) is 2. The van der Waals surface area contributed by atoms with Crippen LogP contribution >= 0.6 is 23.1 Å². The average molecular weight is 414 g/mol. The number of aryl methyl sites for hydroxylation is 2. The zero-order valence-corrected chi connectivity index (χ0v) is 17.9. The van der Waals surface area contributed by atoms with E-state index >= 15 is 0 Å². The second-order valence-electron chi connectivity index (χ2n) is 7.49. The molecule has 1 aliphatic carbocycles. The van der Waals surface area contributed by atoms with Crippen LogP contribution in [0.15, 0.2) is 28.2 Å². The highest BCUT2D eigenvalue weighted by molar-refractivity contribution is 7.99. The molecule has 0 fully saturated rings. The number of hydrogen-bond donors (Lipinski definition) is 2. The molecule has 4 rings (SSSR count). The number of thioether (sulfide) groups is 1. The Labute approximate surface area is 172 Å². The van der Waals surface area contributed by atoms with E-state index in [4.69, 9.17) is 0 Å². The van der Waals surface area contributed by atoms with Crippen molar-refractivity contribution in [3.05, 3.63) is 50.1 Å². The summed E-state index contributed by atoms with van der Waals surface area (Å²) in [7, 11) is 0. The zero-order valence-electron chi connectivity index (χ0n) is 16.2. The summed E-state index contributed by atoms with van der Waals surface area (Å²) in [5.74, 6) is 0.743. The molecule has 2 N–H and O–H groups in total. The van der Waals surface area contributed by atoms with Crippen LogP contribution in [-0.4, -0.2) is 21.6 Å². The van der Waals surface area contributed by atoms with Gasteiger partial charge in [-0.15, -0.1) is 11.3 Å². The van der Waals surface area contributed by atoms with Gasteiger partial charge < -0.3 is 10.3 Å². The third-order valence-corrected chi connectivity index (χ3v) is 7.38. The second kappa shape index (κ2) is 7.72. The van der Waals surface area contributed by atoms with Gasteiger partial charge in [-0.1, -0.05) is 30.8 Å². The molecule has 0 unspecified atom stereocenters. The van der Waals surface area contributed by atoms with Gasteiger partial charge in [0.15, 0.2) is 5.16 Å². The maximum Gasteiger partial charge on any atom is 0.260 e. The number of fused-ring (bicyclic) bond motifs is 3. The molecule has 0 radical (unpaired) electrons. The summed E-state index contributed by atoms with van der Waals surface area (Å²) < 4.78 is 0. The second-order valence-corrected chi connectivity index (χ2v) is 9.53. The molecular weight excluding hydrogens is 390 g/mol. The van der Waals surface area contributed by atoms with Crippen molar-refractivity contribution in [2.24, 2.45) is 5.92 Å². The Kier molecular flexibility index (Phi) is 5.29. The van der Waals surface area contributed by atoms with E-state index in [0.29, 0.717) is 11.1 Å². The van der Waals surface area contributed by atoms with Crippen LogP contribution in [0.4, 0.5) is 5.69 Å². The Bertz CT molecular complexity index is 1120. The lowest BCUT2D eigenvalue weighted by atomic mass is 9.89. The summed E-state index contributed by atoms with van der Waals surface area (Å²) in [6, 6.07) is 5.84. The molecule has 28 heavy (non-hydrogen) atoms. The highest BCUT2D eigenvalue weighted by Crippen LogP contribution is 2.36. The predicted molar refractivity (Wildman–Crippen MR) is 117 cm³/mol.